The van der Waals surface area contributed by atoms with E-state index < -0.39 is 0 Å². The molecule has 2 atom stereocenters. The number of esters is 1. The Hall–Kier alpha value is -2.44. The van der Waals surface area contributed by atoms with Gasteiger partial charge in [0.25, 0.3) is 5.91 Å². The van der Waals surface area contributed by atoms with E-state index in [1.807, 2.05) is 0 Å². The molecular weight excluding hydrogens is 419 g/mol. The van der Waals surface area contributed by atoms with Gasteiger partial charge in [-0.05, 0) is 87.3 Å². The Morgan fingerprint density at radius 3 is 2.35 bits per heavy atom. The molecule has 2 aliphatic heterocycles. The number of rotatable bonds is 5. The Balaban J connectivity index is 0.00000272. The number of hydrogen-bond acceptors (Lipinski definition) is 4. The van der Waals surface area contributed by atoms with Crippen LogP contribution in [0.2, 0.25) is 0 Å². The van der Waals surface area contributed by atoms with Crippen molar-refractivity contribution in [1.29, 1.82) is 0 Å². The molecule has 166 valence electrons. The number of nitrogens with one attached hydrogen (secondary N) is 1. The van der Waals surface area contributed by atoms with E-state index in [0.717, 1.165) is 6.42 Å². The molecule has 2 aromatic rings. The van der Waals surface area contributed by atoms with Gasteiger partial charge in [-0.2, -0.15) is 0 Å². The van der Waals surface area contributed by atoms with E-state index in [0.29, 0.717) is 35.4 Å². The molecular formula is C24H28ClFN2O3. The fourth-order valence-corrected chi connectivity index (χ4v) is 4.53. The van der Waals surface area contributed by atoms with E-state index in [2.05, 4.69) is 10.2 Å². The smallest absolute Gasteiger partial charge is 0.338 e. The van der Waals surface area contributed by atoms with Crippen LogP contribution in [0.5, 0.6) is 0 Å². The summed E-state index contributed by atoms with van der Waals surface area (Å²) >= 11 is 0. The van der Waals surface area contributed by atoms with E-state index in [4.69, 9.17) is 4.74 Å². The van der Waals surface area contributed by atoms with Crippen LogP contribution < -0.4 is 5.32 Å². The minimum atomic E-state index is -0.390. The molecule has 4 rings (SSSR count). The predicted molar refractivity (Wildman–Crippen MR) is 120 cm³/mol. The lowest BCUT2D eigenvalue weighted by Gasteiger charge is -2.44. The zero-order valence-corrected chi connectivity index (χ0v) is 18.2. The molecule has 0 unspecified atom stereocenters. The van der Waals surface area contributed by atoms with Crippen LogP contribution in [0, 0.1) is 11.7 Å². The number of ether oxygens (including phenoxy) is 1. The third kappa shape index (κ3) is 5.83. The second kappa shape index (κ2) is 10.7. The van der Waals surface area contributed by atoms with Gasteiger partial charge in [0.05, 0.1) is 12.2 Å². The first-order chi connectivity index (χ1) is 14.6. The molecule has 0 saturated carbocycles. The van der Waals surface area contributed by atoms with Crippen molar-refractivity contribution < 1.29 is 18.7 Å². The number of piperidine rings is 2. The maximum atomic E-state index is 13.0. The van der Waals surface area contributed by atoms with Gasteiger partial charge in [-0.15, -0.1) is 12.4 Å². The van der Waals surface area contributed by atoms with Gasteiger partial charge in [0, 0.05) is 23.2 Å². The second-order valence-corrected chi connectivity index (χ2v) is 8.14. The summed E-state index contributed by atoms with van der Waals surface area (Å²) in [6.07, 6.45) is 6.01. The zero-order valence-electron chi connectivity index (χ0n) is 17.4. The van der Waals surface area contributed by atoms with E-state index in [9.17, 15) is 14.0 Å². The molecule has 0 spiro atoms. The summed E-state index contributed by atoms with van der Waals surface area (Å²) < 4.78 is 18.6. The molecule has 2 aromatic carbocycles. The van der Waals surface area contributed by atoms with Gasteiger partial charge in [0.1, 0.15) is 5.82 Å². The molecule has 2 fully saturated rings. The largest absolute Gasteiger partial charge is 0.462 e. The van der Waals surface area contributed by atoms with E-state index in [-0.39, 0.29) is 30.1 Å². The summed E-state index contributed by atoms with van der Waals surface area (Å²) in [5.74, 6) is -0.643. The number of amides is 1. The van der Waals surface area contributed by atoms with Crippen molar-refractivity contribution in [3.63, 3.8) is 0 Å². The molecule has 1 amide bonds. The van der Waals surface area contributed by atoms with Gasteiger partial charge in [-0.3, -0.25) is 9.69 Å². The van der Waals surface area contributed by atoms with E-state index in [1.165, 1.54) is 63.0 Å². The number of fused-ring (bicyclic) bond motifs is 1. The summed E-state index contributed by atoms with van der Waals surface area (Å²) in [6.45, 7) is 2.80. The monoisotopic (exact) mass is 446 g/mol. The highest BCUT2D eigenvalue weighted by Gasteiger charge is 2.33. The number of carbonyl (C=O) groups is 2. The lowest BCUT2D eigenvalue weighted by atomic mass is 9.84. The van der Waals surface area contributed by atoms with Gasteiger partial charge < -0.3 is 10.1 Å². The first-order valence-electron chi connectivity index (χ1n) is 10.7. The van der Waals surface area contributed by atoms with Crippen LogP contribution >= 0.6 is 12.4 Å². The highest BCUT2D eigenvalue weighted by molar-refractivity contribution is 6.04. The maximum absolute atomic E-state index is 13.0. The number of anilines is 1. The van der Waals surface area contributed by atoms with Crippen LogP contribution in [0.25, 0.3) is 0 Å². The number of nitrogens with zero attached hydrogens (tertiary/aromatic N) is 1. The molecule has 0 aromatic heterocycles. The minimum absolute atomic E-state index is 0. The summed E-state index contributed by atoms with van der Waals surface area (Å²) in [7, 11) is 0. The Labute approximate surface area is 188 Å². The quantitative estimate of drug-likeness (QED) is 0.662. The van der Waals surface area contributed by atoms with Crippen LogP contribution in [-0.4, -0.2) is 42.5 Å². The Morgan fingerprint density at radius 1 is 0.935 bits per heavy atom. The van der Waals surface area contributed by atoms with Crippen LogP contribution in [-0.2, 0) is 4.74 Å². The highest BCUT2D eigenvalue weighted by Crippen LogP contribution is 2.31. The molecule has 0 radical (unpaired) electrons. The third-order valence-corrected chi connectivity index (χ3v) is 6.14. The molecule has 0 aliphatic carbocycles. The molecule has 5 nitrogen and oxygen atoms in total. The van der Waals surface area contributed by atoms with Gasteiger partial charge >= 0.3 is 5.97 Å². The predicted octanol–water partition coefficient (Wildman–Crippen LogP) is 4.92. The minimum Gasteiger partial charge on any atom is -0.462 e. The van der Waals surface area contributed by atoms with E-state index in [1.54, 1.807) is 24.3 Å². The van der Waals surface area contributed by atoms with Gasteiger partial charge in [-0.25, -0.2) is 9.18 Å². The molecule has 2 saturated heterocycles. The highest BCUT2D eigenvalue weighted by atomic mass is 35.5. The SMILES string of the molecule is Cl.O=C(Nc1ccc(C(=O)OC[C@@H]2CCCN3CCCC[C@H]23)cc1)c1ccc(F)cc1. The number of carbonyl (C=O) groups excluding carboxylic acids is 2. The van der Waals surface area contributed by atoms with Crippen LogP contribution in [0.4, 0.5) is 10.1 Å². The summed E-state index contributed by atoms with van der Waals surface area (Å²) in [5, 5.41) is 2.74. The lowest BCUT2D eigenvalue weighted by molar-refractivity contribution is 0.00739. The van der Waals surface area contributed by atoms with E-state index >= 15 is 0 Å². The topological polar surface area (TPSA) is 58.6 Å². The summed E-state index contributed by atoms with van der Waals surface area (Å²) in [6, 6.07) is 12.5. The maximum Gasteiger partial charge on any atom is 0.338 e. The van der Waals surface area contributed by atoms with Crippen LogP contribution in [0.1, 0.15) is 52.8 Å². The lowest BCUT2D eigenvalue weighted by Crippen LogP contribution is -2.49. The van der Waals surface area contributed by atoms with Crippen molar-refractivity contribution in [3.05, 3.63) is 65.5 Å². The normalized spacial score (nSPS) is 20.8. The van der Waals surface area contributed by atoms with Crippen molar-refractivity contribution in [1.82, 2.24) is 4.90 Å². The Morgan fingerprint density at radius 2 is 1.61 bits per heavy atom. The van der Waals surface area contributed by atoms with Gasteiger partial charge in [0.15, 0.2) is 0 Å². The molecule has 2 heterocycles. The van der Waals surface area contributed by atoms with Gasteiger partial charge in [0.2, 0.25) is 0 Å². The fourth-order valence-electron chi connectivity index (χ4n) is 4.53. The average molecular weight is 447 g/mol. The van der Waals surface area contributed by atoms with Crippen molar-refractivity contribution in [3.8, 4) is 0 Å². The van der Waals surface area contributed by atoms with Crippen molar-refractivity contribution >= 4 is 30.0 Å². The molecule has 1 N–H and O–H groups in total. The number of benzene rings is 2. The van der Waals surface area contributed by atoms with Crippen LogP contribution in [0.3, 0.4) is 0 Å². The number of halogens is 2. The first kappa shape index (κ1) is 23.2. The third-order valence-electron chi connectivity index (χ3n) is 6.14. The van der Waals surface area contributed by atoms with Crippen molar-refractivity contribution in [2.24, 2.45) is 5.92 Å². The first-order valence-corrected chi connectivity index (χ1v) is 10.7. The Bertz CT molecular complexity index is 887. The molecule has 2 aliphatic rings. The standard InChI is InChI=1S/C24H27FN2O3.ClH/c25-20-10-6-17(7-11-20)23(28)26-21-12-8-18(9-13-21)24(29)30-16-19-4-3-15-27-14-2-1-5-22(19)27;/h6-13,19,22H,1-5,14-16H2,(H,26,28);1H/t19-,22+;/m0./s1. The van der Waals surface area contributed by atoms with Crippen LogP contribution in [0.15, 0.2) is 48.5 Å². The average Bonchev–Trinajstić information content (AvgIpc) is 2.78. The Kier molecular flexibility index (Phi) is 8.04. The fraction of sp³-hybridized carbons (Fsp3) is 0.417. The molecule has 31 heavy (non-hydrogen) atoms. The van der Waals surface area contributed by atoms with Crippen molar-refractivity contribution in [2.45, 2.75) is 38.1 Å². The number of hydrogen-bond donors (Lipinski definition) is 1. The van der Waals surface area contributed by atoms with Crippen molar-refractivity contribution in [2.75, 3.05) is 25.0 Å². The molecule has 7 heteroatoms. The van der Waals surface area contributed by atoms with Gasteiger partial charge in [-0.1, -0.05) is 6.42 Å². The zero-order chi connectivity index (χ0) is 20.9. The summed E-state index contributed by atoms with van der Waals surface area (Å²) in [4.78, 5) is 27.2. The summed E-state index contributed by atoms with van der Waals surface area (Å²) in [5.41, 5.74) is 1.39. The molecule has 0 bridgehead atoms. The second-order valence-electron chi connectivity index (χ2n) is 8.14.